The van der Waals surface area contributed by atoms with Crippen LogP contribution < -0.4 is 5.56 Å². The van der Waals surface area contributed by atoms with Crippen molar-refractivity contribution < 1.29 is 27.1 Å². The van der Waals surface area contributed by atoms with E-state index in [4.69, 9.17) is 4.74 Å². The van der Waals surface area contributed by atoms with Gasteiger partial charge < -0.3 is 19.0 Å². The second-order valence-corrected chi connectivity index (χ2v) is 7.93. The molecule has 4 heterocycles. The molecule has 10 heteroatoms. The summed E-state index contributed by atoms with van der Waals surface area (Å²) < 4.78 is 61.0. The molecule has 1 aliphatic rings. The fourth-order valence-electron chi connectivity index (χ4n) is 4.27. The van der Waals surface area contributed by atoms with E-state index in [2.05, 4.69) is 4.98 Å². The maximum absolute atomic E-state index is 14.1. The van der Waals surface area contributed by atoms with Crippen molar-refractivity contribution in [1.82, 2.24) is 14.3 Å². The smallest absolute Gasteiger partial charge is 0.263 e. The van der Waals surface area contributed by atoms with E-state index in [9.17, 15) is 27.2 Å². The zero-order chi connectivity index (χ0) is 23.4. The molecule has 1 atom stereocenters. The van der Waals surface area contributed by atoms with E-state index in [1.165, 1.54) is 42.5 Å². The Hall–Kier alpha value is -3.66. The SMILES string of the molecule is CN(C(=O)c1cc2cc(C(F)F)ccn2c1)C1COCc2[nH]c(=O)c3cc(F)c(F)cc3c21. The van der Waals surface area contributed by atoms with Gasteiger partial charge in [-0.25, -0.2) is 17.6 Å². The number of benzene rings is 1. The Kier molecular flexibility index (Phi) is 4.97. The number of aromatic amines is 1. The number of amides is 1. The first-order chi connectivity index (χ1) is 15.7. The van der Waals surface area contributed by atoms with Gasteiger partial charge in [-0.15, -0.1) is 0 Å². The predicted molar refractivity (Wildman–Crippen MR) is 111 cm³/mol. The lowest BCUT2D eigenvalue weighted by Crippen LogP contribution is -2.37. The summed E-state index contributed by atoms with van der Waals surface area (Å²) in [5, 5.41) is 0.166. The first kappa shape index (κ1) is 21.2. The number of likely N-dealkylation sites (N-methyl/N-ethyl adjacent to an activating group) is 1. The third-order valence-corrected chi connectivity index (χ3v) is 5.95. The fourth-order valence-corrected chi connectivity index (χ4v) is 4.27. The highest BCUT2D eigenvalue weighted by atomic mass is 19.3. The van der Waals surface area contributed by atoms with Crippen LogP contribution in [0.25, 0.3) is 16.3 Å². The zero-order valence-corrected chi connectivity index (χ0v) is 17.2. The number of carbonyl (C=O) groups excluding carboxylic acids is 1. The van der Waals surface area contributed by atoms with Crippen molar-refractivity contribution in [2.75, 3.05) is 13.7 Å². The summed E-state index contributed by atoms with van der Waals surface area (Å²) in [5.74, 6) is -2.69. The Bertz CT molecular complexity index is 1480. The molecule has 1 unspecified atom stereocenters. The molecule has 170 valence electrons. The van der Waals surface area contributed by atoms with Crippen LogP contribution in [0, 0.1) is 11.6 Å². The fraction of sp³-hybridized carbons (Fsp3) is 0.217. The van der Waals surface area contributed by atoms with E-state index >= 15 is 0 Å². The number of nitrogens with one attached hydrogen (secondary N) is 1. The summed E-state index contributed by atoms with van der Waals surface area (Å²) >= 11 is 0. The molecule has 33 heavy (non-hydrogen) atoms. The number of halogens is 4. The number of hydrogen-bond donors (Lipinski definition) is 1. The summed E-state index contributed by atoms with van der Waals surface area (Å²) in [4.78, 5) is 29.7. The lowest BCUT2D eigenvalue weighted by molar-refractivity contribution is 0.0336. The van der Waals surface area contributed by atoms with E-state index in [-0.39, 0.29) is 35.1 Å². The molecule has 5 rings (SSSR count). The standard InChI is InChI=1S/C23H17F4N3O3/c1-29(23(32)12-5-13-4-11(21(26)27)2-3-30(13)8-12)19-10-33-9-18-20(19)14-6-16(24)17(25)7-15(14)22(31)28-18/h2-8,19,21H,9-10H2,1H3,(H,28,31). The molecule has 1 amide bonds. The Balaban J connectivity index is 1.58. The molecule has 1 aliphatic heterocycles. The lowest BCUT2D eigenvalue weighted by Gasteiger charge is -2.33. The average Bonchev–Trinajstić information content (AvgIpc) is 3.22. The number of nitrogens with zero attached hydrogens (tertiary/aromatic N) is 2. The highest BCUT2D eigenvalue weighted by Crippen LogP contribution is 2.34. The van der Waals surface area contributed by atoms with Crippen LogP contribution in [0.15, 0.2) is 47.5 Å². The van der Waals surface area contributed by atoms with Gasteiger partial charge in [-0.05, 0) is 35.7 Å². The van der Waals surface area contributed by atoms with Crippen LogP contribution in [0.2, 0.25) is 0 Å². The average molecular weight is 459 g/mol. The van der Waals surface area contributed by atoms with Crippen LogP contribution in [0.5, 0.6) is 0 Å². The number of hydrogen-bond acceptors (Lipinski definition) is 3. The molecule has 0 bridgehead atoms. The Morgan fingerprint density at radius 3 is 2.64 bits per heavy atom. The predicted octanol–water partition coefficient (Wildman–Crippen LogP) is 4.34. The first-order valence-electron chi connectivity index (χ1n) is 10.0. The quantitative estimate of drug-likeness (QED) is 0.464. The van der Waals surface area contributed by atoms with E-state index in [0.29, 0.717) is 16.8 Å². The van der Waals surface area contributed by atoms with Gasteiger partial charge >= 0.3 is 0 Å². The van der Waals surface area contributed by atoms with Crippen molar-refractivity contribution >= 4 is 22.2 Å². The van der Waals surface area contributed by atoms with Gasteiger partial charge in [0.2, 0.25) is 0 Å². The molecule has 0 saturated heterocycles. The van der Waals surface area contributed by atoms with Crippen LogP contribution in [0.4, 0.5) is 17.6 Å². The van der Waals surface area contributed by atoms with E-state index in [1.807, 2.05) is 0 Å². The molecular formula is C23H17F4N3O3. The van der Waals surface area contributed by atoms with Crippen molar-refractivity contribution in [3.05, 3.63) is 87.1 Å². The molecule has 1 aromatic carbocycles. The van der Waals surface area contributed by atoms with Crippen molar-refractivity contribution in [1.29, 1.82) is 0 Å². The Labute approximate surface area is 184 Å². The van der Waals surface area contributed by atoms with Gasteiger partial charge in [0.25, 0.3) is 17.9 Å². The number of rotatable bonds is 3. The first-order valence-corrected chi connectivity index (χ1v) is 10.0. The number of H-pyrrole nitrogens is 1. The highest BCUT2D eigenvalue weighted by molar-refractivity contribution is 5.96. The summed E-state index contributed by atoms with van der Waals surface area (Å²) in [6.45, 7) is 0.114. The molecule has 0 fully saturated rings. The van der Waals surface area contributed by atoms with Crippen LogP contribution in [-0.2, 0) is 11.3 Å². The summed E-state index contributed by atoms with van der Waals surface area (Å²) in [5.41, 5.74) is 0.771. The van der Waals surface area contributed by atoms with E-state index < -0.39 is 35.6 Å². The van der Waals surface area contributed by atoms with E-state index in [1.54, 1.807) is 4.40 Å². The van der Waals surface area contributed by atoms with Gasteiger partial charge in [0.05, 0.1) is 30.2 Å². The minimum absolute atomic E-state index is 0.0328. The molecule has 0 spiro atoms. The monoisotopic (exact) mass is 459 g/mol. The Morgan fingerprint density at radius 1 is 1.18 bits per heavy atom. The maximum atomic E-state index is 14.1. The third kappa shape index (κ3) is 3.46. The van der Waals surface area contributed by atoms with Crippen molar-refractivity contribution in [2.45, 2.75) is 19.1 Å². The second-order valence-electron chi connectivity index (χ2n) is 7.93. The number of pyridine rings is 2. The number of carbonyl (C=O) groups is 1. The minimum Gasteiger partial charge on any atom is -0.373 e. The number of aromatic nitrogens is 2. The van der Waals surface area contributed by atoms with Crippen LogP contribution in [0.1, 0.15) is 39.6 Å². The Morgan fingerprint density at radius 2 is 1.91 bits per heavy atom. The molecule has 0 radical (unpaired) electrons. The molecule has 4 aromatic rings. The zero-order valence-electron chi connectivity index (χ0n) is 17.2. The van der Waals surface area contributed by atoms with Crippen LogP contribution in [0.3, 0.4) is 0 Å². The number of fused-ring (bicyclic) bond motifs is 4. The number of ether oxygens (including phenoxy) is 1. The topological polar surface area (TPSA) is 66.8 Å². The lowest BCUT2D eigenvalue weighted by atomic mass is 9.95. The van der Waals surface area contributed by atoms with Crippen molar-refractivity contribution in [3.8, 4) is 0 Å². The van der Waals surface area contributed by atoms with Gasteiger partial charge in [-0.1, -0.05) is 0 Å². The summed E-state index contributed by atoms with van der Waals surface area (Å²) in [6.07, 6.45) is 0.333. The van der Waals surface area contributed by atoms with Crippen molar-refractivity contribution in [2.24, 2.45) is 0 Å². The molecule has 0 aliphatic carbocycles. The third-order valence-electron chi connectivity index (χ3n) is 5.95. The minimum atomic E-state index is -2.64. The van der Waals surface area contributed by atoms with Gasteiger partial charge in [0.15, 0.2) is 11.6 Å². The number of alkyl halides is 2. The molecule has 6 nitrogen and oxygen atoms in total. The van der Waals surface area contributed by atoms with Crippen LogP contribution >= 0.6 is 0 Å². The van der Waals surface area contributed by atoms with Gasteiger partial charge in [-0.3, -0.25) is 9.59 Å². The molecule has 0 saturated carbocycles. The van der Waals surface area contributed by atoms with Gasteiger partial charge in [0.1, 0.15) is 0 Å². The van der Waals surface area contributed by atoms with Crippen molar-refractivity contribution in [3.63, 3.8) is 0 Å². The normalized spacial score (nSPS) is 15.9. The largest absolute Gasteiger partial charge is 0.373 e. The highest BCUT2D eigenvalue weighted by Gasteiger charge is 2.32. The van der Waals surface area contributed by atoms with Crippen LogP contribution in [-0.4, -0.2) is 33.8 Å². The summed E-state index contributed by atoms with van der Waals surface area (Å²) in [7, 11) is 1.52. The summed E-state index contributed by atoms with van der Waals surface area (Å²) in [6, 6.07) is 5.15. The molecule has 3 aromatic heterocycles. The second kappa shape index (κ2) is 7.73. The molecule has 1 N–H and O–H groups in total. The van der Waals surface area contributed by atoms with E-state index in [0.717, 1.165) is 12.1 Å². The maximum Gasteiger partial charge on any atom is 0.263 e. The van der Waals surface area contributed by atoms with Gasteiger partial charge in [-0.2, -0.15) is 0 Å². The van der Waals surface area contributed by atoms with Gasteiger partial charge in [0, 0.05) is 41.8 Å². The molecular weight excluding hydrogens is 442 g/mol.